The Kier molecular flexibility index (Phi) is 2.56. The Hall–Kier alpha value is -1.25. The highest BCUT2D eigenvalue weighted by Crippen LogP contribution is 2.47. The Bertz CT molecular complexity index is 424. The lowest BCUT2D eigenvalue weighted by Gasteiger charge is -2.20. The summed E-state index contributed by atoms with van der Waals surface area (Å²) in [4.78, 5) is 11.6. The molecule has 0 heterocycles. The molecule has 0 aromatic heterocycles. The van der Waals surface area contributed by atoms with Gasteiger partial charge >= 0.3 is 5.92 Å². The highest BCUT2D eigenvalue weighted by Gasteiger charge is 2.54. The number of rotatable bonds is 2. The summed E-state index contributed by atoms with van der Waals surface area (Å²) in [7, 11) is 0. The molecule has 1 aliphatic carbocycles. The van der Waals surface area contributed by atoms with E-state index in [-0.39, 0.29) is 11.5 Å². The van der Waals surface area contributed by atoms with Crippen LogP contribution in [-0.2, 0) is 0 Å². The molecule has 2 rings (SSSR count). The van der Waals surface area contributed by atoms with Crippen LogP contribution in [0.3, 0.4) is 0 Å². The van der Waals surface area contributed by atoms with Crippen LogP contribution in [0.1, 0.15) is 42.1 Å². The topological polar surface area (TPSA) is 17.1 Å². The molecule has 3 heteroatoms. The van der Waals surface area contributed by atoms with Crippen LogP contribution in [0.15, 0.2) is 24.3 Å². The molecule has 1 aromatic rings. The van der Waals surface area contributed by atoms with Crippen LogP contribution >= 0.6 is 0 Å². The van der Waals surface area contributed by atoms with E-state index >= 15 is 0 Å². The maximum Gasteiger partial charge on any atom is 0.316 e. The second kappa shape index (κ2) is 3.65. The summed E-state index contributed by atoms with van der Waals surface area (Å²) >= 11 is 0. The number of hydrogen-bond acceptors (Lipinski definition) is 1. The summed E-state index contributed by atoms with van der Waals surface area (Å²) in [5, 5.41) is 0. The Balaban J connectivity index is 2.48. The molecule has 1 aromatic carbocycles. The molecule has 0 spiro atoms. The van der Waals surface area contributed by atoms with Crippen molar-refractivity contribution in [3.8, 4) is 0 Å². The third-order valence-electron chi connectivity index (χ3n) is 3.03. The van der Waals surface area contributed by atoms with Crippen molar-refractivity contribution in [1.29, 1.82) is 0 Å². The number of fused-ring (bicyclic) bond motifs is 1. The maximum absolute atomic E-state index is 13.8. The lowest BCUT2D eigenvalue weighted by atomic mass is 9.90. The average molecular weight is 224 g/mol. The first kappa shape index (κ1) is 11.2. The van der Waals surface area contributed by atoms with Gasteiger partial charge in [-0.15, -0.1) is 0 Å². The first-order valence-electron chi connectivity index (χ1n) is 5.46. The first-order valence-corrected chi connectivity index (χ1v) is 5.46. The van der Waals surface area contributed by atoms with Gasteiger partial charge in [-0.05, 0) is 17.9 Å². The Labute approximate surface area is 93.5 Å². The number of carbonyl (C=O) groups is 1. The standard InChI is InChI=1S/C13H14F2O/c1-8(2)7-11-9-5-3-4-6-10(9)12(16)13(11,14)15/h3-6,8,11H,7H2,1-2H3. The molecular weight excluding hydrogens is 210 g/mol. The quantitative estimate of drug-likeness (QED) is 0.749. The van der Waals surface area contributed by atoms with Gasteiger partial charge in [-0.3, -0.25) is 4.79 Å². The van der Waals surface area contributed by atoms with E-state index in [0.717, 1.165) is 0 Å². The van der Waals surface area contributed by atoms with Gasteiger partial charge in [-0.25, -0.2) is 0 Å². The molecule has 0 fully saturated rings. The fourth-order valence-electron chi connectivity index (χ4n) is 2.29. The number of alkyl halides is 2. The van der Waals surface area contributed by atoms with E-state index in [2.05, 4.69) is 0 Å². The zero-order chi connectivity index (χ0) is 11.9. The van der Waals surface area contributed by atoms with Gasteiger partial charge in [0.15, 0.2) is 0 Å². The minimum absolute atomic E-state index is 0.148. The summed E-state index contributed by atoms with van der Waals surface area (Å²) in [6.07, 6.45) is 0.343. The maximum atomic E-state index is 13.8. The second-order valence-electron chi connectivity index (χ2n) is 4.72. The second-order valence-corrected chi connectivity index (χ2v) is 4.72. The predicted molar refractivity (Wildman–Crippen MR) is 57.9 cm³/mol. The van der Waals surface area contributed by atoms with Gasteiger partial charge in [0.1, 0.15) is 0 Å². The monoisotopic (exact) mass is 224 g/mol. The average Bonchev–Trinajstić information content (AvgIpc) is 2.40. The molecule has 1 atom stereocenters. The van der Waals surface area contributed by atoms with E-state index < -0.39 is 17.6 Å². The van der Waals surface area contributed by atoms with Crippen LogP contribution in [-0.4, -0.2) is 11.7 Å². The third-order valence-corrected chi connectivity index (χ3v) is 3.03. The molecule has 0 N–H and O–H groups in total. The fourth-order valence-corrected chi connectivity index (χ4v) is 2.29. The Morgan fingerprint density at radius 2 is 1.94 bits per heavy atom. The third kappa shape index (κ3) is 1.55. The number of ketones is 1. The van der Waals surface area contributed by atoms with Gasteiger partial charge in [-0.1, -0.05) is 38.1 Å². The first-order chi connectivity index (χ1) is 7.44. The summed E-state index contributed by atoms with van der Waals surface area (Å²) in [6.45, 7) is 3.78. The van der Waals surface area contributed by atoms with E-state index in [9.17, 15) is 13.6 Å². The molecule has 1 unspecified atom stereocenters. The highest BCUT2D eigenvalue weighted by molar-refractivity contribution is 6.06. The van der Waals surface area contributed by atoms with Crippen molar-refractivity contribution >= 4 is 5.78 Å². The minimum Gasteiger partial charge on any atom is -0.287 e. The van der Waals surface area contributed by atoms with Crippen LogP contribution < -0.4 is 0 Å². The largest absolute Gasteiger partial charge is 0.316 e. The zero-order valence-electron chi connectivity index (χ0n) is 9.34. The molecular formula is C13H14F2O. The molecule has 0 amide bonds. The molecule has 1 aliphatic rings. The fraction of sp³-hybridized carbons (Fsp3) is 0.462. The van der Waals surface area contributed by atoms with Crippen molar-refractivity contribution in [2.75, 3.05) is 0 Å². The molecule has 1 nitrogen and oxygen atoms in total. The van der Waals surface area contributed by atoms with Crippen LogP contribution in [0.25, 0.3) is 0 Å². The minimum atomic E-state index is -3.23. The number of halogens is 2. The van der Waals surface area contributed by atoms with Gasteiger partial charge in [0, 0.05) is 5.56 Å². The Morgan fingerprint density at radius 3 is 2.56 bits per heavy atom. The molecule has 0 bridgehead atoms. The number of carbonyl (C=O) groups excluding carboxylic acids is 1. The smallest absolute Gasteiger partial charge is 0.287 e. The lowest BCUT2D eigenvalue weighted by Crippen LogP contribution is -2.29. The number of Topliss-reactive ketones (excluding diaryl/α,β-unsaturated/α-hetero) is 1. The Morgan fingerprint density at radius 1 is 1.31 bits per heavy atom. The van der Waals surface area contributed by atoms with E-state index in [1.165, 1.54) is 6.07 Å². The molecule has 86 valence electrons. The molecule has 16 heavy (non-hydrogen) atoms. The van der Waals surface area contributed by atoms with Gasteiger partial charge in [0.2, 0.25) is 5.78 Å². The normalized spacial score (nSPS) is 22.6. The van der Waals surface area contributed by atoms with E-state index in [0.29, 0.717) is 12.0 Å². The van der Waals surface area contributed by atoms with Crippen molar-refractivity contribution < 1.29 is 13.6 Å². The van der Waals surface area contributed by atoms with Crippen molar-refractivity contribution in [3.05, 3.63) is 35.4 Å². The van der Waals surface area contributed by atoms with Gasteiger partial charge in [-0.2, -0.15) is 8.78 Å². The van der Waals surface area contributed by atoms with Gasteiger partial charge < -0.3 is 0 Å². The molecule has 0 aliphatic heterocycles. The van der Waals surface area contributed by atoms with Crippen LogP contribution in [0.4, 0.5) is 8.78 Å². The van der Waals surface area contributed by atoms with Crippen molar-refractivity contribution in [2.24, 2.45) is 5.92 Å². The highest BCUT2D eigenvalue weighted by atomic mass is 19.3. The zero-order valence-corrected chi connectivity index (χ0v) is 9.34. The molecule has 0 radical (unpaired) electrons. The van der Waals surface area contributed by atoms with E-state index in [1.807, 2.05) is 13.8 Å². The molecule has 0 saturated heterocycles. The van der Waals surface area contributed by atoms with Crippen LogP contribution in [0, 0.1) is 5.92 Å². The van der Waals surface area contributed by atoms with Crippen molar-refractivity contribution in [2.45, 2.75) is 32.1 Å². The van der Waals surface area contributed by atoms with Crippen LogP contribution in [0.5, 0.6) is 0 Å². The van der Waals surface area contributed by atoms with Gasteiger partial charge in [0.25, 0.3) is 0 Å². The summed E-state index contributed by atoms with van der Waals surface area (Å²) in [5.74, 6) is -5.05. The van der Waals surface area contributed by atoms with Crippen LogP contribution in [0.2, 0.25) is 0 Å². The number of hydrogen-bond donors (Lipinski definition) is 0. The van der Waals surface area contributed by atoms with E-state index in [4.69, 9.17) is 0 Å². The lowest BCUT2D eigenvalue weighted by molar-refractivity contribution is -0.00526. The summed E-state index contributed by atoms with van der Waals surface area (Å²) in [6, 6.07) is 6.47. The SMILES string of the molecule is CC(C)CC1c2ccccc2C(=O)C1(F)F. The van der Waals surface area contributed by atoms with Crippen molar-refractivity contribution in [1.82, 2.24) is 0 Å². The summed E-state index contributed by atoms with van der Waals surface area (Å²) < 4.78 is 27.6. The number of benzene rings is 1. The van der Waals surface area contributed by atoms with Crippen molar-refractivity contribution in [3.63, 3.8) is 0 Å². The van der Waals surface area contributed by atoms with E-state index in [1.54, 1.807) is 18.2 Å². The summed E-state index contributed by atoms with van der Waals surface area (Å²) in [5.41, 5.74) is 0.698. The predicted octanol–water partition coefficient (Wildman–Crippen LogP) is 3.65. The molecule has 0 saturated carbocycles. The van der Waals surface area contributed by atoms with Gasteiger partial charge in [0.05, 0.1) is 5.92 Å².